The van der Waals surface area contributed by atoms with Gasteiger partial charge in [0, 0.05) is 35.8 Å². The molecule has 1 aliphatic rings. The van der Waals surface area contributed by atoms with Gasteiger partial charge in [0.2, 0.25) is 15.9 Å². The summed E-state index contributed by atoms with van der Waals surface area (Å²) in [4.78, 5) is 38.8. The highest BCUT2D eigenvalue weighted by Crippen LogP contribution is 2.22. The summed E-state index contributed by atoms with van der Waals surface area (Å²) in [7, 11) is 0. The standard InChI is InChI=1S/C19H22ClN5O3S/c1-11(2)21-15(26)12-6-8-25(9-7-12)19(28)18-24-23-17(29-18)16(27)22-14-5-3-4-13(20)10-14/h3-5,10-12H,6-9H2,1-2H3,(H,21,26)(H,22,27). The number of halogens is 1. The van der Waals surface area contributed by atoms with Crippen molar-refractivity contribution in [3.63, 3.8) is 0 Å². The number of benzene rings is 1. The van der Waals surface area contributed by atoms with Crippen molar-refractivity contribution in [2.24, 2.45) is 5.92 Å². The van der Waals surface area contributed by atoms with Gasteiger partial charge in [-0.05, 0) is 44.9 Å². The number of carbonyl (C=O) groups excluding carboxylic acids is 3. The van der Waals surface area contributed by atoms with Gasteiger partial charge in [-0.1, -0.05) is 29.0 Å². The van der Waals surface area contributed by atoms with E-state index in [0.717, 1.165) is 11.3 Å². The molecule has 0 saturated carbocycles. The highest BCUT2D eigenvalue weighted by Gasteiger charge is 2.30. The Hall–Kier alpha value is -2.52. The van der Waals surface area contributed by atoms with E-state index in [1.165, 1.54) is 0 Å². The van der Waals surface area contributed by atoms with Gasteiger partial charge in [-0.25, -0.2) is 0 Å². The van der Waals surface area contributed by atoms with E-state index in [2.05, 4.69) is 20.8 Å². The highest BCUT2D eigenvalue weighted by atomic mass is 35.5. The third-order valence-corrected chi connectivity index (χ3v) is 5.61. The predicted molar refractivity (Wildman–Crippen MR) is 111 cm³/mol. The lowest BCUT2D eigenvalue weighted by molar-refractivity contribution is -0.126. The molecule has 1 saturated heterocycles. The average molecular weight is 436 g/mol. The topological polar surface area (TPSA) is 104 Å². The minimum Gasteiger partial charge on any atom is -0.354 e. The molecule has 8 nitrogen and oxygen atoms in total. The summed E-state index contributed by atoms with van der Waals surface area (Å²) in [6.07, 6.45) is 1.20. The number of hydrogen-bond donors (Lipinski definition) is 2. The van der Waals surface area contributed by atoms with Crippen LogP contribution in [0.2, 0.25) is 5.02 Å². The summed E-state index contributed by atoms with van der Waals surface area (Å²) >= 11 is 6.85. The van der Waals surface area contributed by atoms with E-state index in [1.807, 2.05) is 13.8 Å². The van der Waals surface area contributed by atoms with Crippen LogP contribution in [0.25, 0.3) is 0 Å². The molecular formula is C19H22ClN5O3S. The second-order valence-corrected chi connectivity index (χ2v) is 8.52. The largest absolute Gasteiger partial charge is 0.354 e. The number of anilines is 1. The van der Waals surface area contributed by atoms with Crippen molar-refractivity contribution in [2.45, 2.75) is 32.7 Å². The number of nitrogens with zero attached hydrogens (tertiary/aromatic N) is 3. The van der Waals surface area contributed by atoms with Crippen molar-refractivity contribution in [2.75, 3.05) is 18.4 Å². The molecule has 0 unspecified atom stereocenters. The molecule has 2 aromatic rings. The Balaban J connectivity index is 1.57. The lowest BCUT2D eigenvalue weighted by Crippen LogP contribution is -2.44. The van der Waals surface area contributed by atoms with Crippen molar-refractivity contribution in [3.05, 3.63) is 39.3 Å². The van der Waals surface area contributed by atoms with Crippen molar-refractivity contribution >= 4 is 46.3 Å². The first kappa shape index (κ1) is 21.2. The molecule has 10 heteroatoms. The molecular weight excluding hydrogens is 414 g/mol. The van der Waals surface area contributed by atoms with Crippen molar-refractivity contribution in [3.8, 4) is 0 Å². The first-order valence-electron chi connectivity index (χ1n) is 9.33. The van der Waals surface area contributed by atoms with Crippen LogP contribution in [-0.2, 0) is 4.79 Å². The number of nitrogens with one attached hydrogen (secondary N) is 2. The maximum absolute atomic E-state index is 12.7. The molecule has 0 atom stereocenters. The van der Waals surface area contributed by atoms with Gasteiger partial charge in [-0.2, -0.15) is 0 Å². The van der Waals surface area contributed by atoms with E-state index >= 15 is 0 Å². The number of likely N-dealkylation sites (tertiary alicyclic amines) is 1. The molecule has 29 heavy (non-hydrogen) atoms. The van der Waals surface area contributed by atoms with Gasteiger partial charge >= 0.3 is 0 Å². The summed E-state index contributed by atoms with van der Waals surface area (Å²) in [6.45, 7) is 4.79. The Morgan fingerprint density at radius 1 is 1.17 bits per heavy atom. The van der Waals surface area contributed by atoms with Crippen LogP contribution in [0.4, 0.5) is 5.69 Å². The molecule has 3 amide bonds. The van der Waals surface area contributed by atoms with E-state index in [4.69, 9.17) is 11.6 Å². The van der Waals surface area contributed by atoms with Crippen LogP contribution in [0.3, 0.4) is 0 Å². The molecule has 1 aromatic carbocycles. The summed E-state index contributed by atoms with van der Waals surface area (Å²) in [5.74, 6) is -0.780. The lowest BCUT2D eigenvalue weighted by atomic mass is 9.95. The van der Waals surface area contributed by atoms with Crippen LogP contribution in [-0.4, -0.2) is 52.0 Å². The highest BCUT2D eigenvalue weighted by molar-refractivity contribution is 7.15. The first-order chi connectivity index (χ1) is 13.8. The molecule has 0 radical (unpaired) electrons. The van der Waals surface area contributed by atoms with Gasteiger partial charge in [0.1, 0.15) is 0 Å². The van der Waals surface area contributed by atoms with Gasteiger partial charge in [0.15, 0.2) is 0 Å². The van der Waals surface area contributed by atoms with E-state index < -0.39 is 5.91 Å². The molecule has 2 heterocycles. The van der Waals surface area contributed by atoms with Gasteiger partial charge in [-0.3, -0.25) is 14.4 Å². The molecule has 0 spiro atoms. The maximum atomic E-state index is 12.7. The monoisotopic (exact) mass is 435 g/mol. The number of carbonyl (C=O) groups is 3. The van der Waals surface area contributed by atoms with Crippen LogP contribution < -0.4 is 10.6 Å². The van der Waals surface area contributed by atoms with Crippen LogP contribution in [0.5, 0.6) is 0 Å². The maximum Gasteiger partial charge on any atom is 0.286 e. The number of aromatic nitrogens is 2. The fourth-order valence-electron chi connectivity index (χ4n) is 3.03. The zero-order chi connectivity index (χ0) is 21.0. The smallest absolute Gasteiger partial charge is 0.286 e. The second kappa shape index (κ2) is 9.32. The quantitative estimate of drug-likeness (QED) is 0.751. The fourth-order valence-corrected chi connectivity index (χ4v) is 3.93. The van der Waals surface area contributed by atoms with Gasteiger partial charge in [0.25, 0.3) is 11.8 Å². The Bertz CT molecular complexity index is 909. The molecule has 0 bridgehead atoms. The summed E-state index contributed by atoms with van der Waals surface area (Å²) in [5, 5.41) is 14.1. The van der Waals surface area contributed by atoms with E-state index in [9.17, 15) is 14.4 Å². The summed E-state index contributed by atoms with van der Waals surface area (Å²) < 4.78 is 0. The van der Waals surface area contributed by atoms with Crippen molar-refractivity contribution in [1.29, 1.82) is 0 Å². The molecule has 1 aromatic heterocycles. The molecule has 154 valence electrons. The first-order valence-corrected chi connectivity index (χ1v) is 10.5. The normalized spacial score (nSPS) is 14.7. The summed E-state index contributed by atoms with van der Waals surface area (Å²) in [5.41, 5.74) is 0.535. The van der Waals surface area contributed by atoms with Gasteiger partial charge in [0.05, 0.1) is 0 Å². The lowest BCUT2D eigenvalue weighted by Gasteiger charge is -2.31. The van der Waals surface area contributed by atoms with Crippen molar-refractivity contribution < 1.29 is 14.4 Å². The number of piperidine rings is 1. The SMILES string of the molecule is CC(C)NC(=O)C1CCN(C(=O)c2nnc(C(=O)Nc3cccc(Cl)c3)s2)CC1. The minimum atomic E-state index is -0.451. The molecule has 1 aliphatic heterocycles. The Morgan fingerprint density at radius 3 is 2.52 bits per heavy atom. The zero-order valence-corrected chi connectivity index (χ0v) is 17.7. The van der Waals surface area contributed by atoms with Crippen LogP contribution in [0.15, 0.2) is 24.3 Å². The van der Waals surface area contributed by atoms with Crippen LogP contribution >= 0.6 is 22.9 Å². The number of amides is 3. The fraction of sp³-hybridized carbons (Fsp3) is 0.421. The average Bonchev–Trinajstić information content (AvgIpc) is 3.17. The molecule has 3 rings (SSSR count). The molecule has 1 fully saturated rings. The summed E-state index contributed by atoms with van der Waals surface area (Å²) in [6, 6.07) is 6.84. The third-order valence-electron chi connectivity index (χ3n) is 4.47. The third kappa shape index (κ3) is 5.51. The number of hydrogen-bond acceptors (Lipinski definition) is 6. The van der Waals surface area contributed by atoms with Crippen LogP contribution in [0, 0.1) is 5.92 Å². The van der Waals surface area contributed by atoms with E-state index in [1.54, 1.807) is 29.2 Å². The second-order valence-electron chi connectivity index (χ2n) is 7.11. The van der Waals surface area contributed by atoms with E-state index in [-0.39, 0.29) is 33.8 Å². The van der Waals surface area contributed by atoms with E-state index in [0.29, 0.717) is 36.6 Å². The Morgan fingerprint density at radius 2 is 1.86 bits per heavy atom. The Kier molecular flexibility index (Phi) is 6.81. The molecule has 0 aliphatic carbocycles. The zero-order valence-electron chi connectivity index (χ0n) is 16.1. The van der Waals surface area contributed by atoms with Crippen LogP contribution in [0.1, 0.15) is 46.3 Å². The molecule has 2 N–H and O–H groups in total. The Labute approximate surface area is 177 Å². The van der Waals surface area contributed by atoms with Gasteiger partial charge < -0.3 is 15.5 Å². The van der Waals surface area contributed by atoms with Gasteiger partial charge in [-0.15, -0.1) is 10.2 Å². The predicted octanol–water partition coefficient (Wildman–Crippen LogP) is 2.82. The minimum absolute atomic E-state index is 0.0305. The number of rotatable bonds is 5. The van der Waals surface area contributed by atoms with Crippen molar-refractivity contribution in [1.82, 2.24) is 20.4 Å².